The Morgan fingerprint density at radius 2 is 1.46 bits per heavy atom. The zero-order valence-corrected chi connectivity index (χ0v) is 35.7. The van der Waals surface area contributed by atoms with E-state index in [0.29, 0.717) is 30.4 Å². The fourth-order valence-corrected chi connectivity index (χ4v) is 10.4. The average Bonchev–Trinajstić information content (AvgIpc) is 3.58. The molecule has 4 heterocycles. The molecule has 318 valence electrons. The quantitative estimate of drug-likeness (QED) is 0.174. The van der Waals surface area contributed by atoms with Gasteiger partial charge in [0, 0.05) is 87.3 Å². The zero-order valence-electron chi connectivity index (χ0n) is 35.7. The summed E-state index contributed by atoms with van der Waals surface area (Å²) in [5.41, 5.74) is 9.53. The summed E-state index contributed by atoms with van der Waals surface area (Å²) in [7, 11) is 0. The van der Waals surface area contributed by atoms with E-state index < -0.39 is 17.7 Å². The summed E-state index contributed by atoms with van der Waals surface area (Å²) in [4.78, 5) is 59.1. The first-order chi connectivity index (χ1) is 29.5. The SMILES string of the molecule is CC(C)(C)OC(=O)Nc1ccc2c(c1)CC[C@H](c1ccccc1)[C@@H]2c1ccc(N2CCC(CN3CCN(c4ccc5c(c4)CN([C@H]4CCC(=O)NC4=O)C5=O)CC3)CC2)cc1. The van der Waals surface area contributed by atoms with Crippen LogP contribution in [-0.2, 0) is 27.3 Å². The van der Waals surface area contributed by atoms with Gasteiger partial charge in [-0.2, -0.15) is 0 Å². The second-order valence-electron chi connectivity index (χ2n) is 18.6. The number of amides is 4. The lowest BCUT2D eigenvalue weighted by molar-refractivity contribution is -0.136. The van der Waals surface area contributed by atoms with Gasteiger partial charge in [0.15, 0.2) is 0 Å². The third-order valence-corrected chi connectivity index (χ3v) is 13.5. The number of aryl methyl sites for hydroxylation is 1. The first kappa shape index (κ1) is 40.7. The van der Waals surface area contributed by atoms with E-state index in [1.54, 1.807) is 4.90 Å². The van der Waals surface area contributed by atoms with Gasteiger partial charge in [0.2, 0.25) is 11.8 Å². The maximum Gasteiger partial charge on any atom is 0.412 e. The number of benzene rings is 4. The van der Waals surface area contributed by atoms with Crippen molar-refractivity contribution < 1.29 is 23.9 Å². The highest BCUT2D eigenvalue weighted by molar-refractivity contribution is 6.05. The van der Waals surface area contributed by atoms with Gasteiger partial charge in [-0.3, -0.25) is 29.9 Å². The molecule has 4 aliphatic heterocycles. The molecule has 4 aromatic rings. The highest BCUT2D eigenvalue weighted by atomic mass is 16.6. The molecule has 2 N–H and O–H groups in total. The molecule has 0 spiro atoms. The predicted molar refractivity (Wildman–Crippen MR) is 238 cm³/mol. The maximum absolute atomic E-state index is 13.2. The van der Waals surface area contributed by atoms with Crippen LogP contribution in [0.1, 0.15) is 103 Å². The van der Waals surface area contributed by atoms with Crippen molar-refractivity contribution in [3.8, 4) is 0 Å². The highest BCUT2D eigenvalue weighted by Gasteiger charge is 2.39. The standard InChI is InChI=1S/C50H58N6O5/c1-50(2,3)61-49(60)51-38-12-17-42-36(29-38)11-16-41(34-7-5-4-6-8-34)46(42)35-9-13-39(14-10-35)54-23-21-33(22-24-54)31-53-25-27-55(28-26-53)40-15-18-43-37(30-40)32-56(48(43)59)44-19-20-45(57)52-47(44)58/h4-10,12-15,17-18,29-30,33,41,44,46H,11,16,19-28,31-32H2,1-3H3,(H,51,60)(H,52,57,58)/t41-,44+,46+/m1/s1. The number of piperazine rings is 1. The number of carbonyl (C=O) groups excluding carboxylic acids is 4. The number of nitrogens with zero attached hydrogens (tertiary/aromatic N) is 4. The fourth-order valence-electron chi connectivity index (χ4n) is 10.4. The number of rotatable bonds is 8. The second-order valence-corrected chi connectivity index (χ2v) is 18.6. The summed E-state index contributed by atoms with van der Waals surface area (Å²) in [6.07, 6.45) is 4.53. The van der Waals surface area contributed by atoms with E-state index in [-0.39, 0.29) is 30.1 Å². The average molecular weight is 823 g/mol. The third-order valence-electron chi connectivity index (χ3n) is 13.5. The molecule has 0 aromatic heterocycles. The molecular weight excluding hydrogens is 765 g/mol. The van der Waals surface area contributed by atoms with Crippen molar-refractivity contribution in [2.45, 2.75) is 89.3 Å². The monoisotopic (exact) mass is 822 g/mol. The molecule has 1 aliphatic carbocycles. The van der Waals surface area contributed by atoms with Crippen LogP contribution in [-0.4, -0.2) is 91.1 Å². The number of hydrogen-bond donors (Lipinski definition) is 2. The molecule has 5 aliphatic rings. The Balaban J connectivity index is 0.789. The Morgan fingerprint density at radius 1 is 0.738 bits per heavy atom. The van der Waals surface area contributed by atoms with Crippen molar-refractivity contribution in [1.82, 2.24) is 15.1 Å². The van der Waals surface area contributed by atoms with Gasteiger partial charge in [0.25, 0.3) is 5.91 Å². The molecule has 3 fully saturated rings. The minimum absolute atomic E-state index is 0.126. The van der Waals surface area contributed by atoms with Crippen LogP contribution in [0.15, 0.2) is 91.0 Å². The van der Waals surface area contributed by atoms with E-state index in [1.807, 2.05) is 39.0 Å². The van der Waals surface area contributed by atoms with Gasteiger partial charge in [-0.25, -0.2) is 4.79 Å². The molecule has 61 heavy (non-hydrogen) atoms. The van der Waals surface area contributed by atoms with Gasteiger partial charge in [-0.15, -0.1) is 0 Å². The topological polar surface area (TPSA) is 115 Å². The number of imide groups is 1. The van der Waals surface area contributed by atoms with Gasteiger partial charge >= 0.3 is 6.09 Å². The number of piperidine rings is 2. The summed E-state index contributed by atoms with van der Waals surface area (Å²) < 4.78 is 5.52. The predicted octanol–water partition coefficient (Wildman–Crippen LogP) is 7.70. The van der Waals surface area contributed by atoms with Gasteiger partial charge in [0.05, 0.1) is 0 Å². The molecule has 0 unspecified atom stereocenters. The van der Waals surface area contributed by atoms with E-state index in [9.17, 15) is 19.2 Å². The number of nitrogens with one attached hydrogen (secondary N) is 2. The molecular formula is C50H58N6O5. The fraction of sp³-hybridized carbons (Fsp3) is 0.440. The Morgan fingerprint density at radius 3 is 2.18 bits per heavy atom. The van der Waals surface area contributed by atoms with Crippen LogP contribution in [0, 0.1) is 5.92 Å². The lowest BCUT2D eigenvalue weighted by atomic mass is 9.69. The Hall–Kier alpha value is -5.68. The molecule has 0 bridgehead atoms. The maximum atomic E-state index is 13.2. The number of carbonyl (C=O) groups is 4. The third kappa shape index (κ3) is 8.89. The lowest BCUT2D eigenvalue weighted by Gasteiger charge is -2.40. The molecule has 11 nitrogen and oxygen atoms in total. The van der Waals surface area contributed by atoms with Crippen LogP contribution in [0.3, 0.4) is 0 Å². The van der Waals surface area contributed by atoms with Crippen molar-refractivity contribution >= 4 is 40.9 Å². The summed E-state index contributed by atoms with van der Waals surface area (Å²) in [6.45, 7) is 13.2. The Kier molecular flexibility index (Phi) is 11.3. The number of anilines is 3. The molecule has 9 rings (SSSR count). The molecule has 0 radical (unpaired) electrons. The minimum atomic E-state index is -0.593. The van der Waals surface area contributed by atoms with Crippen LogP contribution in [0.25, 0.3) is 0 Å². The van der Waals surface area contributed by atoms with Crippen molar-refractivity contribution in [2.24, 2.45) is 5.92 Å². The molecule has 0 saturated carbocycles. The molecule has 11 heteroatoms. The van der Waals surface area contributed by atoms with Crippen LogP contribution in [0.2, 0.25) is 0 Å². The normalized spacial score (nSPS) is 22.4. The summed E-state index contributed by atoms with van der Waals surface area (Å²) >= 11 is 0. The number of fused-ring (bicyclic) bond motifs is 2. The number of ether oxygens (including phenoxy) is 1. The molecule has 4 aromatic carbocycles. The molecule has 4 amide bonds. The largest absolute Gasteiger partial charge is 0.444 e. The lowest BCUT2D eigenvalue weighted by Crippen LogP contribution is -2.52. The summed E-state index contributed by atoms with van der Waals surface area (Å²) in [6, 6.07) is 32.1. The zero-order chi connectivity index (χ0) is 42.3. The summed E-state index contributed by atoms with van der Waals surface area (Å²) in [5, 5.41) is 5.34. The van der Waals surface area contributed by atoms with Gasteiger partial charge in [0.1, 0.15) is 11.6 Å². The van der Waals surface area contributed by atoms with Crippen molar-refractivity contribution in [2.75, 3.05) is 60.9 Å². The Bertz CT molecular complexity index is 2270. The highest BCUT2D eigenvalue weighted by Crippen LogP contribution is 2.47. The molecule has 3 atom stereocenters. The van der Waals surface area contributed by atoms with Gasteiger partial charge < -0.3 is 19.4 Å². The van der Waals surface area contributed by atoms with Gasteiger partial charge in [-0.1, -0.05) is 48.5 Å². The van der Waals surface area contributed by atoms with Crippen LogP contribution in [0.5, 0.6) is 0 Å². The Labute approximate surface area is 359 Å². The van der Waals surface area contributed by atoms with Crippen LogP contribution < -0.4 is 20.4 Å². The minimum Gasteiger partial charge on any atom is -0.444 e. The van der Waals surface area contributed by atoms with Crippen molar-refractivity contribution in [3.05, 3.63) is 124 Å². The number of hydrogen-bond acceptors (Lipinski definition) is 8. The van der Waals surface area contributed by atoms with Crippen LogP contribution >= 0.6 is 0 Å². The van der Waals surface area contributed by atoms with E-state index in [1.165, 1.54) is 40.8 Å². The summed E-state index contributed by atoms with van der Waals surface area (Å²) in [5.74, 6) is 0.473. The van der Waals surface area contributed by atoms with E-state index in [2.05, 4.69) is 98.1 Å². The van der Waals surface area contributed by atoms with E-state index >= 15 is 0 Å². The smallest absolute Gasteiger partial charge is 0.412 e. The van der Waals surface area contributed by atoms with E-state index in [4.69, 9.17) is 4.74 Å². The second kappa shape index (κ2) is 17.0. The first-order valence-electron chi connectivity index (χ1n) is 22.2. The first-order valence-corrected chi connectivity index (χ1v) is 22.2. The van der Waals surface area contributed by atoms with Gasteiger partial charge in [-0.05, 0) is 135 Å². The van der Waals surface area contributed by atoms with Crippen molar-refractivity contribution in [1.29, 1.82) is 0 Å². The van der Waals surface area contributed by atoms with E-state index in [0.717, 1.165) is 75.6 Å². The van der Waals surface area contributed by atoms with Crippen LogP contribution in [0.4, 0.5) is 21.9 Å². The van der Waals surface area contributed by atoms with Crippen molar-refractivity contribution in [3.63, 3.8) is 0 Å². The molecule has 3 saturated heterocycles.